The van der Waals surface area contributed by atoms with Crippen molar-refractivity contribution in [3.8, 4) is 5.75 Å². The van der Waals surface area contributed by atoms with Gasteiger partial charge in [0.25, 0.3) is 5.91 Å². The molecule has 1 aliphatic heterocycles. The lowest BCUT2D eigenvalue weighted by Gasteiger charge is -2.32. The maximum Gasteiger partial charge on any atom is 0.266 e. The number of carbonyl (C=O) groups is 1. The molecule has 3 aromatic carbocycles. The lowest BCUT2D eigenvalue weighted by Crippen LogP contribution is -2.54. The van der Waals surface area contributed by atoms with Crippen LogP contribution < -0.4 is 15.6 Å². The van der Waals surface area contributed by atoms with E-state index < -0.39 is 17.6 Å². The van der Waals surface area contributed by atoms with Gasteiger partial charge in [0.15, 0.2) is 11.6 Å². The van der Waals surface area contributed by atoms with Crippen molar-refractivity contribution in [1.82, 2.24) is 10.9 Å². The molecule has 0 unspecified atom stereocenters. The van der Waals surface area contributed by atoms with Gasteiger partial charge in [-0.3, -0.25) is 10.2 Å². The fourth-order valence-corrected chi connectivity index (χ4v) is 5.30. The van der Waals surface area contributed by atoms with Gasteiger partial charge in [-0.25, -0.2) is 10.4 Å². The van der Waals surface area contributed by atoms with E-state index in [2.05, 4.69) is 37.8 Å². The Hall–Kier alpha value is -5.06. The molecule has 46 heavy (non-hydrogen) atoms. The molecule has 1 heterocycles. The maximum absolute atomic E-state index is 14.5. The molecule has 13 heteroatoms. The molecule has 0 aliphatic carbocycles. The topological polar surface area (TPSA) is 190 Å². The van der Waals surface area contributed by atoms with Crippen LogP contribution in [0.4, 0.5) is 0 Å². The number of aliphatic hydroxyl groups is 1. The van der Waals surface area contributed by atoms with Gasteiger partial charge in [-0.15, -0.1) is 0 Å². The Kier molecular flexibility index (Phi) is 12.8. The highest BCUT2D eigenvalue weighted by Gasteiger charge is 2.54. The van der Waals surface area contributed by atoms with E-state index in [0.29, 0.717) is 42.0 Å². The van der Waals surface area contributed by atoms with Gasteiger partial charge in [0.05, 0.1) is 19.7 Å². The molecule has 0 spiro atoms. The van der Waals surface area contributed by atoms with E-state index >= 15 is 0 Å². The van der Waals surface area contributed by atoms with Crippen LogP contribution in [-0.4, -0.2) is 42.2 Å². The molecule has 2 atom stereocenters. The number of aliphatic imine (C=N–C) groups is 1. The van der Waals surface area contributed by atoms with Crippen LogP contribution in [0, 0.1) is 0 Å². The Labute approximate surface area is 267 Å². The smallest absolute Gasteiger partial charge is 0.266 e. The van der Waals surface area contributed by atoms with Crippen molar-refractivity contribution >= 4 is 11.8 Å². The molecule has 0 saturated carbocycles. The molecular weight excluding hydrogens is 586 g/mol. The summed E-state index contributed by atoms with van der Waals surface area (Å²) in [7, 11) is 0. The number of ether oxygens (including phenoxy) is 2. The average Bonchev–Trinajstić information content (AvgIpc) is 3.47. The van der Waals surface area contributed by atoms with Gasteiger partial charge in [0, 0.05) is 41.4 Å². The zero-order chi connectivity index (χ0) is 32.6. The van der Waals surface area contributed by atoms with Gasteiger partial charge < -0.3 is 14.6 Å². The fourth-order valence-electron chi connectivity index (χ4n) is 5.30. The first kappa shape index (κ1) is 33.8. The quantitative estimate of drug-likeness (QED) is 0.0485. The number of nitrogens with zero attached hydrogens (tertiary/aromatic N) is 7. The number of hydrogen-bond donors (Lipinski definition) is 3. The van der Waals surface area contributed by atoms with E-state index in [1.807, 2.05) is 60.7 Å². The van der Waals surface area contributed by atoms with Crippen molar-refractivity contribution in [3.05, 3.63) is 121 Å². The second-order valence-corrected chi connectivity index (χ2v) is 10.8. The van der Waals surface area contributed by atoms with Gasteiger partial charge in [0.2, 0.25) is 5.90 Å². The van der Waals surface area contributed by atoms with E-state index in [9.17, 15) is 4.79 Å². The van der Waals surface area contributed by atoms with E-state index in [1.54, 1.807) is 12.1 Å². The molecule has 0 saturated heterocycles. The summed E-state index contributed by atoms with van der Waals surface area (Å²) in [5.41, 5.74) is 26.1. The molecule has 0 bridgehead atoms. The average molecular weight is 626 g/mol. The van der Waals surface area contributed by atoms with Gasteiger partial charge >= 0.3 is 0 Å². The molecule has 3 N–H and O–H groups in total. The summed E-state index contributed by atoms with van der Waals surface area (Å²) in [5, 5.41) is 16.6. The Morgan fingerprint density at radius 2 is 1.63 bits per heavy atom. The van der Waals surface area contributed by atoms with Crippen LogP contribution in [0.1, 0.15) is 66.5 Å². The summed E-state index contributed by atoms with van der Waals surface area (Å²) >= 11 is 0. The minimum Gasteiger partial charge on any atom is -0.494 e. The van der Waals surface area contributed by atoms with Crippen LogP contribution >= 0.6 is 0 Å². The number of amides is 1. The highest BCUT2D eigenvalue weighted by molar-refractivity contribution is 6.01. The second-order valence-electron chi connectivity index (χ2n) is 10.8. The largest absolute Gasteiger partial charge is 0.494 e. The Bertz CT molecular complexity index is 1580. The van der Waals surface area contributed by atoms with Crippen molar-refractivity contribution in [2.75, 3.05) is 19.8 Å². The van der Waals surface area contributed by atoms with Crippen molar-refractivity contribution in [3.63, 3.8) is 0 Å². The number of nitrogens with one attached hydrogen (secondary N) is 2. The molecule has 4 rings (SSSR count). The number of rotatable bonds is 18. The van der Waals surface area contributed by atoms with Crippen molar-refractivity contribution in [2.24, 2.45) is 15.2 Å². The van der Waals surface area contributed by atoms with Crippen LogP contribution in [0.2, 0.25) is 0 Å². The van der Waals surface area contributed by atoms with E-state index in [1.165, 1.54) is 0 Å². The number of hydrazine groups is 1. The summed E-state index contributed by atoms with van der Waals surface area (Å²) < 4.78 is 12.3. The zero-order valence-corrected chi connectivity index (χ0v) is 25.9. The predicted octanol–water partition coefficient (Wildman–Crippen LogP) is 6.38. The highest BCUT2D eigenvalue weighted by atomic mass is 16.5. The molecule has 0 fully saturated rings. The molecular formula is C33H39N9O4. The molecule has 13 nitrogen and oxygen atoms in total. The number of hydrogen-bond acceptors (Lipinski definition) is 8. The van der Waals surface area contributed by atoms with Crippen LogP contribution in [-0.2, 0) is 29.0 Å². The molecule has 0 radical (unpaired) electrons. The van der Waals surface area contributed by atoms with Gasteiger partial charge in [-0.2, -0.15) is 0 Å². The summed E-state index contributed by atoms with van der Waals surface area (Å²) in [4.78, 5) is 25.4. The second kappa shape index (κ2) is 17.4. The van der Waals surface area contributed by atoms with Crippen molar-refractivity contribution < 1.29 is 19.4 Å². The Morgan fingerprint density at radius 3 is 2.33 bits per heavy atom. The van der Waals surface area contributed by atoms with E-state index in [-0.39, 0.29) is 32.0 Å². The Morgan fingerprint density at radius 1 is 0.957 bits per heavy atom. The van der Waals surface area contributed by atoms with Crippen LogP contribution in [0.3, 0.4) is 0 Å². The number of unbranched alkanes of at least 4 members (excludes halogenated alkanes) is 2. The summed E-state index contributed by atoms with van der Waals surface area (Å²) in [6, 6.07) is 22.0. The van der Waals surface area contributed by atoms with Crippen molar-refractivity contribution in [2.45, 2.75) is 63.8 Å². The number of carbonyl (C=O) groups excluding carboxylic acids is 1. The first-order valence-corrected chi connectivity index (χ1v) is 15.4. The minimum atomic E-state index is -1.51. The first-order chi connectivity index (χ1) is 22.6. The van der Waals surface area contributed by atoms with Gasteiger partial charge in [-0.05, 0) is 64.0 Å². The number of azide groups is 2. The highest BCUT2D eigenvalue weighted by Crippen LogP contribution is 2.44. The normalized spacial score (nSPS) is 16.8. The maximum atomic E-state index is 14.5. The third-order valence-corrected chi connectivity index (χ3v) is 7.66. The SMILES string of the molecule is CCCCCNNC(=O)[C@@]1(Cc2ccccc2CN=[N+]=[N-])N=C(c2ccc(OCCCO)cc2)O[C@H]1c1ccccc1CN=[N+]=[N-]. The predicted molar refractivity (Wildman–Crippen MR) is 175 cm³/mol. The molecule has 0 aromatic heterocycles. The first-order valence-electron chi connectivity index (χ1n) is 15.4. The van der Waals surface area contributed by atoms with Crippen LogP contribution in [0.25, 0.3) is 20.9 Å². The van der Waals surface area contributed by atoms with Crippen LogP contribution in [0.15, 0.2) is 88.0 Å². The van der Waals surface area contributed by atoms with Gasteiger partial charge in [0.1, 0.15) is 5.75 Å². The van der Waals surface area contributed by atoms with Crippen LogP contribution in [0.5, 0.6) is 5.75 Å². The number of benzene rings is 3. The van der Waals surface area contributed by atoms with Gasteiger partial charge in [-0.1, -0.05) is 78.5 Å². The van der Waals surface area contributed by atoms with E-state index in [4.69, 9.17) is 30.6 Å². The standard InChI is InChI=1S/C33H39N9O4/c1-2-3-8-18-36-40-32(44)33(21-25-10-4-5-11-26(25)22-37-41-34)30(29-13-7-6-12-27(29)23-38-42-35)46-31(39-33)24-14-16-28(17-15-24)45-20-9-19-43/h4-7,10-17,30,36,43H,2-3,8-9,18-23H2,1H3,(H,40,44)/t30-,33-/m0/s1. The molecule has 1 aliphatic rings. The third kappa shape index (κ3) is 8.56. The molecule has 3 aromatic rings. The summed E-state index contributed by atoms with van der Waals surface area (Å²) in [5.74, 6) is 0.489. The van der Waals surface area contributed by atoms with Crippen molar-refractivity contribution in [1.29, 1.82) is 0 Å². The summed E-state index contributed by atoms with van der Waals surface area (Å²) in [6.45, 7) is 3.27. The lowest BCUT2D eigenvalue weighted by molar-refractivity contribution is -0.130. The molecule has 1 amide bonds. The summed E-state index contributed by atoms with van der Waals surface area (Å²) in [6.07, 6.45) is 2.67. The fraction of sp³-hybridized carbons (Fsp3) is 0.394. The molecule has 240 valence electrons. The third-order valence-electron chi connectivity index (χ3n) is 7.66. The lowest BCUT2D eigenvalue weighted by atomic mass is 9.80. The minimum absolute atomic E-state index is 0.0366. The Balaban J connectivity index is 1.84. The monoisotopic (exact) mass is 625 g/mol. The number of aliphatic hydroxyl groups excluding tert-OH is 1. The van der Waals surface area contributed by atoms with E-state index in [0.717, 1.165) is 30.4 Å². The zero-order valence-electron chi connectivity index (χ0n) is 25.9.